The van der Waals surface area contributed by atoms with Crippen molar-refractivity contribution in [3.8, 4) is 0 Å². The zero-order chi connectivity index (χ0) is 25.0. The molecule has 35 heavy (non-hydrogen) atoms. The molecular formula is C25H23FN4O4S. The van der Waals surface area contributed by atoms with Crippen LogP contribution < -0.4 is 10.2 Å². The zero-order valence-corrected chi connectivity index (χ0v) is 19.9. The van der Waals surface area contributed by atoms with Crippen molar-refractivity contribution in [3.05, 3.63) is 102 Å². The van der Waals surface area contributed by atoms with Gasteiger partial charge in [-0.25, -0.2) is 22.8 Å². The highest BCUT2D eigenvalue weighted by molar-refractivity contribution is 7.90. The molecule has 0 unspecified atom stereocenters. The van der Waals surface area contributed by atoms with Gasteiger partial charge in [-0.2, -0.15) is 0 Å². The molecule has 0 saturated heterocycles. The molecule has 0 radical (unpaired) electrons. The third-order valence-corrected chi connectivity index (χ3v) is 5.99. The maximum Gasteiger partial charge on any atom is 0.276 e. The van der Waals surface area contributed by atoms with Gasteiger partial charge in [0.2, 0.25) is 15.0 Å². The average molecular weight is 495 g/mol. The van der Waals surface area contributed by atoms with Gasteiger partial charge in [-0.15, -0.1) is 0 Å². The van der Waals surface area contributed by atoms with Gasteiger partial charge in [0, 0.05) is 18.5 Å². The van der Waals surface area contributed by atoms with Crippen molar-refractivity contribution in [1.82, 2.24) is 9.97 Å². The molecule has 1 amide bonds. The Morgan fingerprint density at radius 2 is 1.86 bits per heavy atom. The highest BCUT2D eigenvalue weighted by Gasteiger charge is 2.24. The van der Waals surface area contributed by atoms with Crippen LogP contribution in [0.5, 0.6) is 0 Å². The Balaban J connectivity index is 1.78. The normalized spacial score (nSPS) is 11.3. The number of halogens is 1. The predicted molar refractivity (Wildman–Crippen MR) is 129 cm³/mol. The number of hydrogen-bond donors (Lipinski definition) is 1. The van der Waals surface area contributed by atoms with Gasteiger partial charge in [0.15, 0.2) is 5.69 Å². The molecular weight excluding hydrogens is 471 g/mol. The first kappa shape index (κ1) is 24.1. The molecule has 180 valence electrons. The largest absolute Gasteiger partial charge is 0.467 e. The first-order valence-electron chi connectivity index (χ1n) is 10.7. The van der Waals surface area contributed by atoms with Crippen molar-refractivity contribution in [3.63, 3.8) is 0 Å². The highest BCUT2D eigenvalue weighted by Crippen LogP contribution is 2.25. The van der Waals surface area contributed by atoms with Crippen LogP contribution >= 0.6 is 0 Å². The molecule has 2 heterocycles. The number of nitrogens with zero attached hydrogens (tertiary/aromatic N) is 3. The number of carbonyl (C=O) groups is 1. The molecule has 0 aliphatic rings. The lowest BCUT2D eigenvalue weighted by Gasteiger charge is -2.25. The van der Waals surface area contributed by atoms with E-state index in [0.29, 0.717) is 17.0 Å². The molecule has 0 spiro atoms. The monoisotopic (exact) mass is 494 g/mol. The quantitative estimate of drug-likeness (QED) is 0.362. The lowest BCUT2D eigenvalue weighted by atomic mass is 10.1. The van der Waals surface area contributed by atoms with Gasteiger partial charge in [0.1, 0.15) is 11.6 Å². The van der Waals surface area contributed by atoms with Gasteiger partial charge in [0.25, 0.3) is 5.91 Å². The van der Waals surface area contributed by atoms with Gasteiger partial charge in [-0.3, -0.25) is 4.79 Å². The number of nitrogens with one attached hydrogen (secondary N) is 1. The maximum atomic E-state index is 13.9. The van der Waals surface area contributed by atoms with Crippen molar-refractivity contribution in [1.29, 1.82) is 0 Å². The van der Waals surface area contributed by atoms with E-state index in [9.17, 15) is 17.6 Å². The topological polar surface area (TPSA) is 105 Å². The summed E-state index contributed by atoms with van der Waals surface area (Å²) in [5, 5.41) is 2.28. The SMILES string of the molecule is Cc1ccc(NC(=O)c2nc(S(C)(=O)=O)ncc2N(Cc2cccc(F)c2)Cc2ccco2)cc1. The third kappa shape index (κ3) is 6.10. The standard InChI is InChI=1S/C25H23FN4O4S/c1-17-8-10-20(11-9-17)28-24(31)23-22(14-27-25(29-23)35(2,32)33)30(16-21-7-4-12-34-21)15-18-5-3-6-19(26)13-18/h3-14H,15-16H2,1-2H3,(H,28,31). The summed E-state index contributed by atoms with van der Waals surface area (Å²) in [6.45, 7) is 2.31. The molecule has 4 aromatic rings. The number of furan rings is 1. The Hall–Kier alpha value is -4.05. The molecule has 0 fully saturated rings. The molecule has 8 nitrogen and oxygen atoms in total. The Morgan fingerprint density at radius 1 is 1.09 bits per heavy atom. The van der Waals surface area contributed by atoms with Gasteiger partial charge < -0.3 is 14.6 Å². The molecule has 10 heteroatoms. The van der Waals surface area contributed by atoms with Gasteiger partial charge in [0.05, 0.1) is 24.7 Å². The predicted octanol–water partition coefficient (Wildman–Crippen LogP) is 4.38. The van der Waals surface area contributed by atoms with Crippen molar-refractivity contribution < 1.29 is 22.0 Å². The number of aromatic nitrogens is 2. The summed E-state index contributed by atoms with van der Waals surface area (Å²) in [5.74, 6) is -0.431. The summed E-state index contributed by atoms with van der Waals surface area (Å²) >= 11 is 0. The lowest BCUT2D eigenvalue weighted by Crippen LogP contribution is -2.27. The molecule has 2 aromatic heterocycles. The van der Waals surface area contributed by atoms with Crippen LogP contribution in [0.25, 0.3) is 0 Å². The van der Waals surface area contributed by atoms with E-state index in [4.69, 9.17) is 4.42 Å². The minimum absolute atomic E-state index is 0.135. The number of sulfone groups is 1. The molecule has 2 aromatic carbocycles. The van der Waals surface area contributed by atoms with Crippen LogP contribution in [0.1, 0.15) is 27.4 Å². The Morgan fingerprint density at radius 3 is 2.51 bits per heavy atom. The van der Waals surface area contributed by atoms with E-state index >= 15 is 0 Å². The smallest absolute Gasteiger partial charge is 0.276 e. The number of carbonyl (C=O) groups excluding carboxylic acids is 1. The minimum Gasteiger partial charge on any atom is -0.467 e. The number of hydrogen-bond acceptors (Lipinski definition) is 7. The first-order valence-corrected chi connectivity index (χ1v) is 12.5. The summed E-state index contributed by atoms with van der Waals surface area (Å²) in [7, 11) is -3.78. The number of rotatable bonds is 8. The van der Waals surface area contributed by atoms with E-state index in [-0.39, 0.29) is 24.5 Å². The summed E-state index contributed by atoms with van der Waals surface area (Å²) in [6.07, 6.45) is 3.77. The molecule has 0 bridgehead atoms. The number of anilines is 2. The van der Waals surface area contributed by atoms with E-state index < -0.39 is 26.7 Å². The van der Waals surface area contributed by atoms with Gasteiger partial charge in [-0.05, 0) is 48.9 Å². The maximum absolute atomic E-state index is 13.9. The van der Waals surface area contributed by atoms with Crippen molar-refractivity contribution in [2.75, 3.05) is 16.5 Å². The number of aryl methyl sites for hydroxylation is 1. The van der Waals surface area contributed by atoms with Crippen LogP contribution in [0, 0.1) is 12.7 Å². The van der Waals surface area contributed by atoms with Crippen molar-refractivity contribution in [2.24, 2.45) is 0 Å². The van der Waals surface area contributed by atoms with E-state index in [0.717, 1.165) is 11.8 Å². The summed E-state index contributed by atoms with van der Waals surface area (Å²) in [4.78, 5) is 23.1. The molecule has 1 N–H and O–H groups in total. The fourth-order valence-electron chi connectivity index (χ4n) is 3.44. The van der Waals surface area contributed by atoms with Crippen molar-refractivity contribution >= 4 is 27.1 Å². The summed E-state index contributed by atoms with van der Waals surface area (Å²) in [6, 6.07) is 16.7. The summed E-state index contributed by atoms with van der Waals surface area (Å²) in [5.41, 5.74) is 2.30. The fraction of sp³-hybridized carbons (Fsp3) is 0.160. The van der Waals surface area contributed by atoms with E-state index in [1.807, 2.05) is 19.1 Å². The van der Waals surface area contributed by atoms with E-state index in [1.54, 1.807) is 41.3 Å². The number of amides is 1. The van der Waals surface area contributed by atoms with Crippen LogP contribution in [0.3, 0.4) is 0 Å². The van der Waals surface area contributed by atoms with Crippen LogP contribution in [0.15, 0.2) is 82.7 Å². The minimum atomic E-state index is -3.78. The van der Waals surface area contributed by atoms with Gasteiger partial charge in [-0.1, -0.05) is 29.8 Å². The fourth-order valence-corrected chi connectivity index (χ4v) is 3.94. The molecule has 0 aliphatic carbocycles. The second-order valence-electron chi connectivity index (χ2n) is 8.04. The second kappa shape index (κ2) is 10.1. The zero-order valence-electron chi connectivity index (χ0n) is 19.1. The van der Waals surface area contributed by atoms with Gasteiger partial charge >= 0.3 is 0 Å². The number of benzene rings is 2. The highest BCUT2D eigenvalue weighted by atomic mass is 32.2. The van der Waals surface area contributed by atoms with E-state index in [2.05, 4.69) is 15.3 Å². The summed E-state index contributed by atoms with van der Waals surface area (Å²) < 4.78 is 43.6. The lowest BCUT2D eigenvalue weighted by molar-refractivity contribution is 0.102. The molecule has 4 rings (SSSR count). The molecule has 0 atom stereocenters. The molecule has 0 aliphatic heterocycles. The first-order chi connectivity index (χ1) is 16.7. The average Bonchev–Trinajstić information content (AvgIpc) is 3.32. The van der Waals surface area contributed by atoms with Crippen LogP contribution in [0.2, 0.25) is 0 Å². The van der Waals surface area contributed by atoms with Crippen LogP contribution in [0.4, 0.5) is 15.8 Å². The van der Waals surface area contributed by atoms with Crippen LogP contribution in [-0.2, 0) is 22.9 Å². The third-order valence-electron chi connectivity index (χ3n) is 5.13. The molecule has 0 saturated carbocycles. The Labute approximate surface area is 202 Å². The Kier molecular flexibility index (Phi) is 6.92. The van der Waals surface area contributed by atoms with E-state index in [1.165, 1.54) is 24.6 Å². The Bertz CT molecular complexity index is 1440. The van der Waals surface area contributed by atoms with Crippen molar-refractivity contribution in [2.45, 2.75) is 25.2 Å². The second-order valence-corrected chi connectivity index (χ2v) is 9.95. The van der Waals surface area contributed by atoms with Crippen LogP contribution in [-0.4, -0.2) is 30.5 Å².